The van der Waals surface area contributed by atoms with Gasteiger partial charge in [-0.25, -0.2) is 0 Å². The Morgan fingerprint density at radius 2 is 1.65 bits per heavy atom. The van der Waals surface area contributed by atoms with E-state index in [0.717, 1.165) is 23.3 Å². The van der Waals surface area contributed by atoms with Gasteiger partial charge in [-0.2, -0.15) is 23.6 Å². The topological polar surface area (TPSA) is 12.9 Å². The molecule has 0 saturated heterocycles. The first-order valence-electron chi connectivity index (χ1n) is 7.69. The summed E-state index contributed by atoms with van der Waals surface area (Å²) in [7, 11) is 4.64. The van der Waals surface area contributed by atoms with Gasteiger partial charge < -0.3 is 4.98 Å². The molecular weight excluding hydrogens is 532 g/mol. The summed E-state index contributed by atoms with van der Waals surface area (Å²) in [6.45, 7) is 9.96. The molecule has 0 aliphatic heterocycles. The molecule has 2 aromatic carbocycles. The van der Waals surface area contributed by atoms with Crippen LogP contribution in [0.1, 0.15) is 22.3 Å². The summed E-state index contributed by atoms with van der Waals surface area (Å²) in [6, 6.07) is 14.2. The van der Waals surface area contributed by atoms with Crippen LogP contribution in [0.4, 0.5) is 8.78 Å². The van der Waals surface area contributed by atoms with Crippen molar-refractivity contribution in [1.29, 1.82) is 0 Å². The van der Waals surface area contributed by atoms with Crippen molar-refractivity contribution < 1.29 is 26.7 Å². The zero-order valence-corrected chi connectivity index (χ0v) is 17.9. The fourth-order valence-corrected chi connectivity index (χ4v) is 2.16. The quantitative estimate of drug-likeness (QED) is 0.324. The van der Waals surface area contributed by atoms with Crippen LogP contribution in [0.5, 0.6) is 0 Å². The van der Waals surface area contributed by atoms with E-state index in [2.05, 4.69) is 59.6 Å². The van der Waals surface area contributed by atoms with Crippen LogP contribution in [0.3, 0.4) is 0 Å². The summed E-state index contributed by atoms with van der Waals surface area (Å²) in [5, 5.41) is 0. The van der Waals surface area contributed by atoms with Gasteiger partial charge in [0.05, 0.1) is 0 Å². The number of benzene rings is 2. The molecule has 1 nitrogen and oxygen atoms in total. The van der Waals surface area contributed by atoms with Gasteiger partial charge in [-0.05, 0) is 18.7 Å². The van der Waals surface area contributed by atoms with Crippen molar-refractivity contribution in [2.45, 2.75) is 20.8 Å². The second kappa shape index (κ2) is 11.1. The van der Waals surface area contributed by atoms with Crippen LogP contribution in [0.2, 0.25) is 0 Å². The fourth-order valence-electron chi connectivity index (χ4n) is 2.16. The first-order chi connectivity index (χ1) is 12.4. The van der Waals surface area contributed by atoms with Crippen molar-refractivity contribution in [3.05, 3.63) is 95.5 Å². The normalized spacial score (nSPS) is 9.50. The Morgan fingerprint density at radius 1 is 1.04 bits per heavy atom. The van der Waals surface area contributed by atoms with Crippen molar-refractivity contribution in [1.82, 2.24) is 4.98 Å². The predicted octanol–water partition coefficient (Wildman–Crippen LogP) is 6.31. The van der Waals surface area contributed by atoms with Crippen LogP contribution in [-0.2, 0) is 17.9 Å². The molecule has 1 heterocycles. The van der Waals surface area contributed by atoms with E-state index in [1.807, 2.05) is 13.0 Å². The molecule has 0 unspecified atom stereocenters. The van der Waals surface area contributed by atoms with E-state index >= 15 is 0 Å². The second-order valence-corrected chi connectivity index (χ2v) is 5.63. The molecule has 3 rings (SSSR count). The molecule has 138 valence electrons. The van der Waals surface area contributed by atoms with Crippen molar-refractivity contribution in [2.75, 3.05) is 0 Å². The van der Waals surface area contributed by atoms with Crippen LogP contribution >= 0.6 is 9.58 Å². The zero-order chi connectivity index (χ0) is 19.7. The molecule has 0 spiro atoms. The van der Waals surface area contributed by atoms with E-state index in [4.69, 9.17) is 0 Å². The monoisotopic (exact) mass is 551 g/mol. The molecule has 0 radical (unpaired) electrons. The Bertz CT molecular complexity index is 833. The summed E-state index contributed by atoms with van der Waals surface area (Å²) in [4.78, 5) is 4.01. The fraction of sp³-hybridized carbons (Fsp3) is 0.143. The van der Waals surface area contributed by atoms with E-state index in [1.54, 1.807) is 12.3 Å². The van der Waals surface area contributed by atoms with Crippen molar-refractivity contribution in [3.63, 3.8) is 0 Å². The van der Waals surface area contributed by atoms with E-state index in [-0.39, 0.29) is 5.56 Å². The standard InChI is InChI=1S/C12H8F2N.C9H11.ClH.Ir/c1-8-4-5-15-12(6-8)10-3-2-9(13)7-11(10)14;1-7-5-4-6-8(2)9(7)3;;/h2,4-7H,1H3;4-6H,3H2,1-2H3;1H;/q2*-1;;+3/p-1. The Kier molecular flexibility index (Phi) is 9.50. The number of nitrogens with zero attached hydrogens (tertiary/aromatic N) is 1. The zero-order valence-electron chi connectivity index (χ0n) is 14.7. The van der Waals surface area contributed by atoms with Gasteiger partial charge in [-0.1, -0.05) is 43.2 Å². The van der Waals surface area contributed by atoms with Crippen LogP contribution in [0.25, 0.3) is 11.3 Å². The van der Waals surface area contributed by atoms with Crippen LogP contribution in [0, 0.1) is 45.4 Å². The Balaban J connectivity index is 0.000000263. The summed E-state index contributed by atoms with van der Waals surface area (Å²) >= 11 is 1.47. The first kappa shape index (κ1) is 22.3. The third-order valence-electron chi connectivity index (χ3n) is 3.67. The third-order valence-corrected chi connectivity index (χ3v) is 3.67. The van der Waals surface area contributed by atoms with Gasteiger partial charge in [0.25, 0.3) is 0 Å². The maximum atomic E-state index is 13.4. The molecule has 0 saturated carbocycles. The second-order valence-electron chi connectivity index (χ2n) is 5.63. The molecule has 0 aliphatic rings. The van der Waals surface area contributed by atoms with E-state index in [1.165, 1.54) is 29.0 Å². The number of aromatic nitrogens is 1. The third kappa shape index (κ3) is 6.53. The van der Waals surface area contributed by atoms with Gasteiger partial charge in [0.15, 0.2) is 0 Å². The van der Waals surface area contributed by atoms with Crippen LogP contribution in [0.15, 0.2) is 48.7 Å². The number of halogens is 3. The van der Waals surface area contributed by atoms with Crippen LogP contribution < -0.4 is 0 Å². The summed E-state index contributed by atoms with van der Waals surface area (Å²) in [5.74, 6) is -1.28. The first-order valence-corrected chi connectivity index (χ1v) is 10.7. The SMILES string of the molecule is Cc1ccnc(-c2[c-]cc(F)cc2F)c1.[CH2-]c1c(C)cccc1C.[Cl][Ir+2]. The van der Waals surface area contributed by atoms with Crippen LogP contribution in [-0.4, -0.2) is 4.98 Å². The molecule has 0 bridgehead atoms. The summed E-state index contributed by atoms with van der Waals surface area (Å²) in [5.41, 5.74) is 5.34. The Morgan fingerprint density at radius 3 is 2.15 bits per heavy atom. The molecule has 26 heavy (non-hydrogen) atoms. The average molecular weight is 551 g/mol. The van der Waals surface area contributed by atoms with Gasteiger partial charge in [0, 0.05) is 17.8 Å². The molecule has 5 heteroatoms. The Labute approximate surface area is 168 Å². The number of pyridine rings is 1. The van der Waals surface area contributed by atoms with Crippen molar-refractivity contribution >= 4 is 9.58 Å². The number of aryl methyl sites for hydroxylation is 3. The predicted molar refractivity (Wildman–Crippen MR) is 99.4 cm³/mol. The van der Waals surface area contributed by atoms with Gasteiger partial charge in [-0.15, -0.1) is 24.3 Å². The van der Waals surface area contributed by atoms with E-state index in [9.17, 15) is 8.78 Å². The minimum absolute atomic E-state index is 0.195. The van der Waals surface area contributed by atoms with E-state index < -0.39 is 11.6 Å². The molecule has 0 aliphatic carbocycles. The number of rotatable bonds is 1. The molecule has 0 amide bonds. The molecular formula is C21H19ClF2IrN. The average Bonchev–Trinajstić information content (AvgIpc) is 2.62. The Hall–Kier alpha value is -1.74. The summed E-state index contributed by atoms with van der Waals surface area (Å²) < 4.78 is 26.0. The van der Waals surface area contributed by atoms with Crippen molar-refractivity contribution in [3.8, 4) is 11.3 Å². The number of hydrogen-bond donors (Lipinski definition) is 0. The molecule has 1 aromatic heterocycles. The van der Waals surface area contributed by atoms with E-state index in [0.29, 0.717) is 5.69 Å². The maximum absolute atomic E-state index is 13.4. The number of hydrogen-bond acceptors (Lipinski definition) is 1. The molecule has 0 fully saturated rings. The van der Waals surface area contributed by atoms with Gasteiger partial charge in [0.2, 0.25) is 0 Å². The molecule has 0 N–H and O–H groups in total. The van der Waals surface area contributed by atoms with Gasteiger partial charge in [0.1, 0.15) is 0 Å². The minimum atomic E-state index is -0.645. The summed E-state index contributed by atoms with van der Waals surface area (Å²) in [6.07, 6.45) is 1.58. The molecule has 3 aromatic rings. The van der Waals surface area contributed by atoms with Gasteiger partial charge in [-0.3, -0.25) is 8.78 Å². The molecule has 0 atom stereocenters. The van der Waals surface area contributed by atoms with Crippen molar-refractivity contribution in [2.24, 2.45) is 0 Å². The van der Waals surface area contributed by atoms with Gasteiger partial charge >= 0.3 is 27.5 Å².